The van der Waals surface area contributed by atoms with Crippen LogP contribution in [0.25, 0.3) is 0 Å². The molecule has 0 aromatic heterocycles. The lowest BCUT2D eigenvalue weighted by molar-refractivity contribution is 0.0922. The van der Waals surface area contributed by atoms with Crippen LogP contribution in [0.2, 0.25) is 0 Å². The monoisotopic (exact) mass is 346 g/mol. The van der Waals surface area contributed by atoms with E-state index in [0.29, 0.717) is 18.9 Å². The van der Waals surface area contributed by atoms with E-state index >= 15 is 0 Å². The summed E-state index contributed by atoms with van der Waals surface area (Å²) < 4.78 is 24.5. The first kappa shape index (κ1) is 18.7. The fourth-order valence-corrected chi connectivity index (χ4v) is 2.17. The Kier molecular flexibility index (Phi) is 6.77. The zero-order chi connectivity index (χ0) is 18.2. The van der Waals surface area contributed by atoms with Crippen LogP contribution in [0, 0.1) is 12.7 Å². The van der Waals surface area contributed by atoms with Gasteiger partial charge in [-0.15, -0.1) is 0 Å². The highest BCUT2D eigenvalue weighted by molar-refractivity contribution is 5.97. The van der Waals surface area contributed by atoms with Crippen LogP contribution in [0.15, 0.2) is 42.5 Å². The van der Waals surface area contributed by atoms with Gasteiger partial charge in [0.15, 0.2) is 0 Å². The Labute approximate surface area is 146 Å². The minimum absolute atomic E-state index is 0.135. The number of halogens is 1. The van der Waals surface area contributed by atoms with Crippen molar-refractivity contribution in [3.63, 3.8) is 0 Å². The molecule has 2 aromatic rings. The van der Waals surface area contributed by atoms with Crippen LogP contribution in [-0.4, -0.2) is 31.7 Å². The van der Waals surface area contributed by atoms with E-state index in [1.165, 1.54) is 12.1 Å². The van der Waals surface area contributed by atoms with Crippen LogP contribution in [0.5, 0.6) is 11.5 Å². The first-order valence-corrected chi connectivity index (χ1v) is 8.12. The number of carbonyl (C=O) groups is 1. The topological polar surface area (TPSA) is 73.6 Å². The van der Waals surface area contributed by atoms with E-state index in [4.69, 9.17) is 15.2 Å². The van der Waals surface area contributed by atoms with Crippen molar-refractivity contribution in [3.05, 3.63) is 59.4 Å². The molecule has 0 bridgehead atoms. The molecule has 0 heterocycles. The normalized spacial score (nSPS) is 11.7. The standard InChI is InChI=1S/C19H23FN2O3/c1-13-3-6-16(7-4-13)25-12-14(2)22-19(23)17-11-15(20)5-8-18(17)24-10-9-21/h3-8,11,14H,9-10,12,21H2,1-2H3,(H,22,23)/t14-/m0/s1. The molecule has 0 aliphatic carbocycles. The Morgan fingerprint density at radius 3 is 2.60 bits per heavy atom. The minimum Gasteiger partial charge on any atom is -0.491 e. The van der Waals surface area contributed by atoms with E-state index in [1.54, 1.807) is 0 Å². The summed E-state index contributed by atoms with van der Waals surface area (Å²) in [6.45, 7) is 4.65. The highest BCUT2D eigenvalue weighted by atomic mass is 19.1. The third-order valence-corrected chi connectivity index (χ3v) is 3.46. The molecule has 1 atom stereocenters. The number of benzene rings is 2. The van der Waals surface area contributed by atoms with E-state index < -0.39 is 11.7 Å². The van der Waals surface area contributed by atoms with Crippen molar-refractivity contribution >= 4 is 5.91 Å². The molecule has 3 N–H and O–H groups in total. The molecule has 2 aromatic carbocycles. The molecular weight excluding hydrogens is 323 g/mol. The van der Waals surface area contributed by atoms with E-state index in [0.717, 1.165) is 17.4 Å². The molecule has 2 rings (SSSR count). The van der Waals surface area contributed by atoms with Gasteiger partial charge in [0.25, 0.3) is 5.91 Å². The Morgan fingerprint density at radius 1 is 1.20 bits per heavy atom. The molecule has 0 fully saturated rings. The number of hydrogen-bond donors (Lipinski definition) is 2. The van der Waals surface area contributed by atoms with Crippen LogP contribution in [0.3, 0.4) is 0 Å². The van der Waals surface area contributed by atoms with Gasteiger partial charge >= 0.3 is 0 Å². The second-order valence-corrected chi connectivity index (χ2v) is 5.78. The average Bonchev–Trinajstić information content (AvgIpc) is 2.60. The van der Waals surface area contributed by atoms with Crippen LogP contribution >= 0.6 is 0 Å². The van der Waals surface area contributed by atoms with Gasteiger partial charge in [0.1, 0.15) is 30.5 Å². The predicted molar refractivity (Wildman–Crippen MR) is 94.6 cm³/mol. The summed E-state index contributed by atoms with van der Waals surface area (Å²) in [6.07, 6.45) is 0. The maximum atomic E-state index is 13.5. The molecule has 0 aliphatic rings. The number of nitrogens with one attached hydrogen (secondary N) is 1. The first-order chi connectivity index (χ1) is 12.0. The van der Waals surface area contributed by atoms with Crippen molar-refractivity contribution in [1.29, 1.82) is 0 Å². The van der Waals surface area contributed by atoms with Gasteiger partial charge in [-0.1, -0.05) is 17.7 Å². The van der Waals surface area contributed by atoms with Crippen LogP contribution < -0.4 is 20.5 Å². The number of hydrogen-bond acceptors (Lipinski definition) is 4. The minimum atomic E-state index is -0.506. The number of aryl methyl sites for hydroxylation is 1. The van der Waals surface area contributed by atoms with Gasteiger partial charge in [-0.05, 0) is 44.2 Å². The number of rotatable bonds is 8. The Bertz CT molecular complexity index is 704. The lowest BCUT2D eigenvalue weighted by Gasteiger charge is -2.17. The third-order valence-electron chi connectivity index (χ3n) is 3.46. The first-order valence-electron chi connectivity index (χ1n) is 8.12. The zero-order valence-electron chi connectivity index (χ0n) is 14.4. The van der Waals surface area contributed by atoms with E-state index in [-0.39, 0.29) is 18.2 Å². The lowest BCUT2D eigenvalue weighted by Crippen LogP contribution is -2.37. The number of carbonyl (C=O) groups excluding carboxylic acids is 1. The molecule has 0 saturated carbocycles. The van der Waals surface area contributed by atoms with Gasteiger partial charge in [-0.2, -0.15) is 0 Å². The summed E-state index contributed by atoms with van der Waals surface area (Å²) in [5, 5.41) is 2.78. The molecule has 0 unspecified atom stereocenters. The highest BCUT2D eigenvalue weighted by Gasteiger charge is 2.16. The van der Waals surface area contributed by atoms with E-state index in [1.807, 2.05) is 38.1 Å². The zero-order valence-corrected chi connectivity index (χ0v) is 14.4. The summed E-state index contributed by atoms with van der Waals surface area (Å²) in [6, 6.07) is 11.2. The van der Waals surface area contributed by atoms with Gasteiger partial charge in [0.2, 0.25) is 0 Å². The molecule has 0 aliphatic heterocycles. The number of nitrogens with two attached hydrogens (primary N) is 1. The SMILES string of the molecule is Cc1ccc(OC[C@H](C)NC(=O)c2cc(F)ccc2OCCN)cc1. The molecule has 0 radical (unpaired) electrons. The van der Waals surface area contributed by atoms with Gasteiger partial charge in [0, 0.05) is 6.54 Å². The average molecular weight is 346 g/mol. The third kappa shape index (κ3) is 5.76. The Balaban J connectivity index is 1.96. The highest BCUT2D eigenvalue weighted by Crippen LogP contribution is 2.20. The molecule has 25 heavy (non-hydrogen) atoms. The van der Waals surface area contributed by atoms with Gasteiger partial charge in [-0.25, -0.2) is 4.39 Å². The molecule has 5 nitrogen and oxygen atoms in total. The molecule has 0 spiro atoms. The number of amides is 1. The molecule has 6 heteroatoms. The predicted octanol–water partition coefficient (Wildman–Crippen LogP) is 2.67. The summed E-state index contributed by atoms with van der Waals surface area (Å²) in [5.41, 5.74) is 6.68. The smallest absolute Gasteiger partial charge is 0.255 e. The summed E-state index contributed by atoms with van der Waals surface area (Å²) in [5.74, 6) is 0.0979. The maximum Gasteiger partial charge on any atom is 0.255 e. The number of ether oxygens (including phenoxy) is 2. The fourth-order valence-electron chi connectivity index (χ4n) is 2.17. The lowest BCUT2D eigenvalue weighted by atomic mass is 10.1. The Hall–Kier alpha value is -2.60. The van der Waals surface area contributed by atoms with Crippen molar-refractivity contribution in [3.8, 4) is 11.5 Å². The van der Waals surface area contributed by atoms with Crippen LogP contribution in [-0.2, 0) is 0 Å². The molecule has 1 amide bonds. The van der Waals surface area contributed by atoms with Gasteiger partial charge < -0.3 is 20.5 Å². The summed E-state index contributed by atoms with van der Waals surface area (Å²) >= 11 is 0. The van der Waals surface area contributed by atoms with E-state index in [9.17, 15) is 9.18 Å². The van der Waals surface area contributed by atoms with Crippen molar-refractivity contribution < 1.29 is 18.7 Å². The molecule has 0 saturated heterocycles. The second kappa shape index (κ2) is 9.03. The fraction of sp³-hybridized carbons (Fsp3) is 0.316. The maximum absolute atomic E-state index is 13.5. The van der Waals surface area contributed by atoms with Gasteiger partial charge in [0.05, 0.1) is 11.6 Å². The van der Waals surface area contributed by atoms with Crippen LogP contribution in [0.4, 0.5) is 4.39 Å². The largest absolute Gasteiger partial charge is 0.491 e. The van der Waals surface area contributed by atoms with E-state index in [2.05, 4.69) is 5.32 Å². The van der Waals surface area contributed by atoms with Gasteiger partial charge in [-0.3, -0.25) is 4.79 Å². The van der Waals surface area contributed by atoms with Crippen LogP contribution in [0.1, 0.15) is 22.8 Å². The molecular formula is C19H23FN2O3. The molecule has 134 valence electrons. The van der Waals surface area contributed by atoms with Crippen molar-refractivity contribution in [2.45, 2.75) is 19.9 Å². The summed E-state index contributed by atoms with van der Waals surface area (Å²) in [7, 11) is 0. The quantitative estimate of drug-likeness (QED) is 0.771. The summed E-state index contributed by atoms with van der Waals surface area (Å²) in [4.78, 5) is 12.4. The van der Waals surface area contributed by atoms with Crippen molar-refractivity contribution in [2.24, 2.45) is 5.73 Å². The second-order valence-electron chi connectivity index (χ2n) is 5.78. The van der Waals surface area contributed by atoms with Crippen molar-refractivity contribution in [1.82, 2.24) is 5.32 Å². The van der Waals surface area contributed by atoms with Crippen molar-refractivity contribution in [2.75, 3.05) is 19.8 Å². The Morgan fingerprint density at radius 2 is 1.92 bits per heavy atom.